The Balaban J connectivity index is 1.94. The Bertz CT molecular complexity index is 2910. The zero-order valence-corrected chi connectivity index (χ0v) is 28.0. The summed E-state index contributed by atoms with van der Waals surface area (Å²) >= 11 is 0. The fraction of sp³-hybridized carbons (Fsp3) is 0. The maximum Gasteiger partial charge on any atom is 0.200 e. The highest BCUT2D eigenvalue weighted by Crippen LogP contribution is 2.51. The van der Waals surface area contributed by atoms with E-state index in [4.69, 9.17) is 7.85 Å². The summed E-state index contributed by atoms with van der Waals surface area (Å²) in [4.78, 5) is 0. The highest BCUT2D eigenvalue weighted by molar-refractivity contribution is 6.36. The van der Waals surface area contributed by atoms with Crippen molar-refractivity contribution in [2.75, 3.05) is 0 Å². The van der Waals surface area contributed by atoms with Crippen LogP contribution in [0.2, 0.25) is 0 Å². The summed E-state index contributed by atoms with van der Waals surface area (Å²) in [6, 6.07) is 0. The van der Waals surface area contributed by atoms with Crippen molar-refractivity contribution in [3.8, 4) is 55.6 Å². The zero-order chi connectivity index (χ0) is 46.8. The fourth-order valence-electron chi connectivity index (χ4n) is 6.07. The molecule has 0 atom stereocenters. The molecule has 0 saturated heterocycles. The Labute approximate surface area is 324 Å². The highest BCUT2D eigenvalue weighted by atomic mass is 19.2. The van der Waals surface area contributed by atoms with E-state index in [0.717, 1.165) is 0 Å². The predicted molar refractivity (Wildman–Crippen MR) is 158 cm³/mol. The van der Waals surface area contributed by atoms with Crippen LogP contribution in [0.1, 0.15) is 0 Å². The Kier molecular flexibility index (Phi) is 11.1. The van der Waals surface area contributed by atoms with Gasteiger partial charge in [-0.25, -0.2) is 110 Å². The Morgan fingerprint density at radius 1 is 0.129 bits per heavy atom. The smallest absolute Gasteiger partial charge is 0.200 e. The normalized spacial score (nSPS) is 11.7. The second-order valence-corrected chi connectivity index (χ2v) is 12.0. The summed E-state index contributed by atoms with van der Waals surface area (Å²) in [6.45, 7) is 0. The van der Waals surface area contributed by atoms with Crippen molar-refractivity contribution in [2.45, 2.75) is 0 Å². The van der Waals surface area contributed by atoms with Crippen LogP contribution in [0.3, 0.4) is 0 Å². The number of halogens is 25. The summed E-state index contributed by atoms with van der Waals surface area (Å²) in [5.41, 5.74) is -32.9. The number of hydrogen-bond donors (Lipinski definition) is 0. The van der Waals surface area contributed by atoms with Crippen molar-refractivity contribution >= 4 is 13.3 Å². The molecular weight excluding hydrogens is 918 g/mol. The summed E-state index contributed by atoms with van der Waals surface area (Å²) in [6.07, 6.45) is 0. The maximum absolute atomic E-state index is 17.0. The molecule has 0 aliphatic rings. The van der Waals surface area contributed by atoms with Crippen molar-refractivity contribution in [1.29, 1.82) is 0 Å². The van der Waals surface area contributed by atoms with Crippen molar-refractivity contribution in [1.82, 2.24) is 0 Å². The van der Waals surface area contributed by atoms with Crippen molar-refractivity contribution in [2.24, 2.45) is 0 Å². The van der Waals surface area contributed by atoms with Gasteiger partial charge in [-0.05, 0) is 5.46 Å². The molecule has 0 spiro atoms. The van der Waals surface area contributed by atoms with E-state index in [0.29, 0.717) is 0 Å². The molecule has 0 aliphatic heterocycles. The van der Waals surface area contributed by atoms with Gasteiger partial charge in [-0.2, -0.15) is 0 Å². The quantitative estimate of drug-likeness (QED) is 0.0700. The van der Waals surface area contributed by atoms with Gasteiger partial charge in [0, 0.05) is 27.8 Å². The number of hydrogen-bond acceptors (Lipinski definition) is 0. The molecule has 6 aromatic carbocycles. The van der Waals surface area contributed by atoms with Gasteiger partial charge in [-0.3, -0.25) is 0 Å². The minimum Gasteiger partial charge on any atom is -0.207 e. The number of benzene rings is 6. The van der Waals surface area contributed by atoms with Crippen LogP contribution in [-0.4, -0.2) is 7.85 Å². The topological polar surface area (TPSA) is 0 Å². The van der Waals surface area contributed by atoms with E-state index < -0.39 is 207 Å². The molecule has 0 aliphatic carbocycles. The minimum atomic E-state index is -3.63. The molecule has 0 bridgehead atoms. The van der Waals surface area contributed by atoms with Crippen LogP contribution < -0.4 is 5.46 Å². The van der Waals surface area contributed by atoms with Crippen LogP contribution in [0.5, 0.6) is 0 Å². The second-order valence-electron chi connectivity index (χ2n) is 12.0. The van der Waals surface area contributed by atoms with Crippen LogP contribution in [0, 0.1) is 145 Å². The van der Waals surface area contributed by atoms with Crippen LogP contribution in [0.25, 0.3) is 55.6 Å². The SMILES string of the molecule is [B]c1c(F)c(-c2c(F)c(-c3c(F)c(F)c(F)c(F)c3-c3c(F)c(F)c(F)c(F)c3F)c(F)c(F)c2-c2c(F)c(F)c(F)c(F)c2F)c(F)c(F)c1-c1c(F)c(F)c(F)c(F)c1F. The summed E-state index contributed by atoms with van der Waals surface area (Å²) in [5, 5.41) is 0. The Hall–Kier alpha value is -6.37. The van der Waals surface area contributed by atoms with Crippen molar-refractivity contribution in [3.63, 3.8) is 0 Å². The summed E-state index contributed by atoms with van der Waals surface area (Å²) in [7, 11) is 5.19. The zero-order valence-electron chi connectivity index (χ0n) is 28.0. The molecule has 0 unspecified atom stereocenters. The molecule has 0 aromatic heterocycles. The molecule has 26 heteroatoms. The lowest BCUT2D eigenvalue weighted by Crippen LogP contribution is -2.21. The molecule has 0 saturated carbocycles. The van der Waals surface area contributed by atoms with Gasteiger partial charge in [0.1, 0.15) is 19.5 Å². The maximum atomic E-state index is 17.0. The lowest BCUT2D eigenvalue weighted by Gasteiger charge is -2.23. The Morgan fingerprint density at radius 2 is 0.258 bits per heavy atom. The van der Waals surface area contributed by atoms with E-state index in [9.17, 15) is 65.9 Å². The van der Waals surface area contributed by atoms with Crippen molar-refractivity contribution in [3.05, 3.63) is 145 Å². The highest BCUT2D eigenvalue weighted by Gasteiger charge is 2.42. The van der Waals surface area contributed by atoms with Gasteiger partial charge in [-0.1, -0.05) is 0 Å². The van der Waals surface area contributed by atoms with Crippen molar-refractivity contribution < 1.29 is 110 Å². The van der Waals surface area contributed by atoms with E-state index in [-0.39, 0.29) is 0 Å². The average Bonchev–Trinajstić information content (AvgIpc) is 3.24. The third-order valence-corrected chi connectivity index (χ3v) is 8.82. The monoisotopic (exact) mass is 918 g/mol. The van der Waals surface area contributed by atoms with Gasteiger partial charge in [0.25, 0.3) is 0 Å². The van der Waals surface area contributed by atoms with Crippen LogP contribution in [0.4, 0.5) is 110 Å². The van der Waals surface area contributed by atoms with E-state index in [1.54, 1.807) is 0 Å². The molecule has 0 N–H and O–H groups in total. The molecule has 0 heterocycles. The third kappa shape index (κ3) is 5.98. The van der Waals surface area contributed by atoms with Gasteiger partial charge in [0.15, 0.2) is 116 Å². The van der Waals surface area contributed by atoms with Gasteiger partial charge in [-0.15, -0.1) is 0 Å². The third-order valence-electron chi connectivity index (χ3n) is 8.82. The minimum absolute atomic E-state index is 2.57. The first-order valence-corrected chi connectivity index (χ1v) is 15.3. The first-order valence-electron chi connectivity index (χ1n) is 15.3. The molecule has 6 aromatic rings. The first kappa shape index (κ1) is 45.2. The second kappa shape index (κ2) is 15.2. The molecule has 0 amide bonds. The first-order chi connectivity index (χ1) is 28.7. The molecule has 322 valence electrons. The molecular formula is C36BF25. The van der Waals surface area contributed by atoms with Gasteiger partial charge >= 0.3 is 0 Å². The number of rotatable bonds is 5. The van der Waals surface area contributed by atoms with Gasteiger partial charge in [0.2, 0.25) is 17.5 Å². The molecule has 62 heavy (non-hydrogen) atoms. The lowest BCUT2D eigenvalue weighted by atomic mass is 9.80. The van der Waals surface area contributed by atoms with E-state index in [1.807, 2.05) is 0 Å². The summed E-state index contributed by atoms with van der Waals surface area (Å²) in [5.74, 6) is -82.9. The van der Waals surface area contributed by atoms with E-state index in [2.05, 4.69) is 0 Å². The summed E-state index contributed by atoms with van der Waals surface area (Å²) < 4.78 is 375. The van der Waals surface area contributed by atoms with E-state index in [1.165, 1.54) is 0 Å². The van der Waals surface area contributed by atoms with Crippen LogP contribution in [0.15, 0.2) is 0 Å². The Morgan fingerprint density at radius 3 is 0.532 bits per heavy atom. The molecule has 0 fully saturated rings. The standard InChI is InChI=1S/C36BF25/c37-11-5(10-24(50)32(58)36(62)33(59)25(10)51)17(43)19(45)7(13(11)39)1-2(8-20(46)28(54)34(60)29(55)21(8)47)14(40)18(44)6(12(1)38)3-4(16(42)27(53)26(52)15(3)41)9-22(48)30(56)35(61)31(57)23(9)49. The van der Waals surface area contributed by atoms with E-state index >= 15 is 43.9 Å². The molecule has 2 radical (unpaired) electrons. The lowest BCUT2D eigenvalue weighted by molar-refractivity contribution is 0.379. The van der Waals surface area contributed by atoms with Gasteiger partial charge < -0.3 is 0 Å². The average molecular weight is 918 g/mol. The largest absolute Gasteiger partial charge is 0.207 e. The van der Waals surface area contributed by atoms with Crippen LogP contribution >= 0.6 is 0 Å². The van der Waals surface area contributed by atoms with Crippen LogP contribution in [-0.2, 0) is 0 Å². The fourth-order valence-corrected chi connectivity index (χ4v) is 6.07. The van der Waals surface area contributed by atoms with Gasteiger partial charge in [0.05, 0.1) is 27.8 Å². The predicted octanol–water partition coefficient (Wildman–Crippen LogP) is 12.3. The molecule has 6 rings (SSSR count). The molecule has 0 nitrogen and oxygen atoms in total.